The third-order valence-corrected chi connectivity index (χ3v) is 3.27. The molecular weight excluding hydrogens is 262 g/mol. The molecule has 1 fully saturated rings. The maximum absolute atomic E-state index is 12.2. The Hall–Kier alpha value is -1.30. The van der Waals surface area contributed by atoms with Crippen molar-refractivity contribution in [2.24, 2.45) is 5.92 Å². The van der Waals surface area contributed by atoms with E-state index in [1.807, 2.05) is 0 Å². The Morgan fingerprint density at radius 3 is 2.30 bits per heavy atom. The highest BCUT2D eigenvalue weighted by Gasteiger charge is 2.38. The minimum Gasteiger partial charge on any atom is -0.480 e. The van der Waals surface area contributed by atoms with E-state index in [2.05, 4.69) is 0 Å². The number of likely N-dealkylation sites (N-methyl/N-ethyl adjacent to an activating group) is 1. The molecule has 0 radical (unpaired) electrons. The highest BCUT2D eigenvalue weighted by atomic mass is 16.6. The summed E-state index contributed by atoms with van der Waals surface area (Å²) in [6.07, 6.45) is 0.728. The van der Waals surface area contributed by atoms with Gasteiger partial charge in [0.1, 0.15) is 11.6 Å². The first-order valence-electron chi connectivity index (χ1n) is 7.06. The molecule has 0 aliphatic carbocycles. The molecular formula is C14H25NO5. The molecule has 0 aromatic heterocycles. The number of nitrogens with zero attached hydrogens (tertiary/aromatic N) is 1. The largest absolute Gasteiger partial charge is 0.480 e. The molecule has 1 heterocycles. The fourth-order valence-electron chi connectivity index (χ4n) is 2.38. The Kier molecular flexibility index (Phi) is 5.80. The highest BCUT2D eigenvalue weighted by Crippen LogP contribution is 2.24. The second-order valence-electron chi connectivity index (χ2n) is 6.00. The number of ether oxygens (including phenoxy) is 2. The number of amides is 1. The van der Waals surface area contributed by atoms with Gasteiger partial charge in [0.15, 0.2) is 0 Å². The van der Waals surface area contributed by atoms with Crippen LogP contribution < -0.4 is 0 Å². The summed E-state index contributed by atoms with van der Waals surface area (Å²) >= 11 is 0. The highest BCUT2D eigenvalue weighted by molar-refractivity contribution is 5.80. The summed E-state index contributed by atoms with van der Waals surface area (Å²) in [6, 6.07) is -0.848. The van der Waals surface area contributed by atoms with E-state index in [4.69, 9.17) is 9.47 Å². The maximum Gasteiger partial charge on any atom is 0.411 e. The van der Waals surface area contributed by atoms with Gasteiger partial charge in [-0.2, -0.15) is 0 Å². The molecule has 1 atom stereocenters. The zero-order valence-electron chi connectivity index (χ0n) is 12.7. The number of hydrogen-bond donors (Lipinski definition) is 1. The Balaban J connectivity index is 2.85. The summed E-state index contributed by atoms with van der Waals surface area (Å²) in [5, 5.41) is 9.48. The summed E-state index contributed by atoms with van der Waals surface area (Å²) in [5.41, 5.74) is -0.636. The van der Waals surface area contributed by atoms with E-state index in [-0.39, 0.29) is 5.92 Å². The van der Waals surface area contributed by atoms with Crippen LogP contribution in [-0.4, -0.2) is 53.5 Å². The molecule has 1 aliphatic rings. The Morgan fingerprint density at radius 2 is 1.90 bits per heavy atom. The maximum atomic E-state index is 12.2. The van der Waals surface area contributed by atoms with Crippen LogP contribution in [0.2, 0.25) is 0 Å². The summed E-state index contributed by atoms with van der Waals surface area (Å²) < 4.78 is 10.6. The average molecular weight is 287 g/mol. The van der Waals surface area contributed by atoms with Crippen LogP contribution in [0.1, 0.15) is 40.5 Å². The van der Waals surface area contributed by atoms with Gasteiger partial charge in [-0.1, -0.05) is 0 Å². The lowest BCUT2D eigenvalue weighted by molar-refractivity contribution is -0.146. The minimum atomic E-state index is -0.982. The molecule has 0 bridgehead atoms. The molecule has 1 rings (SSSR count). The SMILES string of the molecule is CCN(C(=O)OC(C)(C)C)C(C(=O)O)C1CCOCC1. The van der Waals surface area contributed by atoms with Crippen molar-refractivity contribution in [2.75, 3.05) is 19.8 Å². The molecule has 1 unspecified atom stereocenters. The molecule has 6 nitrogen and oxygen atoms in total. The Labute approximate surface area is 120 Å². The molecule has 0 spiro atoms. The van der Waals surface area contributed by atoms with Crippen LogP contribution in [0.3, 0.4) is 0 Å². The first kappa shape index (κ1) is 16.8. The van der Waals surface area contributed by atoms with Gasteiger partial charge < -0.3 is 14.6 Å². The van der Waals surface area contributed by atoms with Gasteiger partial charge in [0.25, 0.3) is 0 Å². The molecule has 1 saturated heterocycles. The topological polar surface area (TPSA) is 76.1 Å². The van der Waals surface area contributed by atoms with Crippen LogP contribution in [0.5, 0.6) is 0 Å². The van der Waals surface area contributed by atoms with Crippen LogP contribution in [0.4, 0.5) is 4.79 Å². The number of carboxylic acids is 1. The lowest BCUT2D eigenvalue weighted by Crippen LogP contribution is -2.51. The monoisotopic (exact) mass is 287 g/mol. The average Bonchev–Trinajstić information content (AvgIpc) is 2.33. The van der Waals surface area contributed by atoms with Crippen molar-refractivity contribution < 1.29 is 24.2 Å². The lowest BCUT2D eigenvalue weighted by atomic mass is 9.90. The normalized spacial score (nSPS) is 18.4. The van der Waals surface area contributed by atoms with Gasteiger partial charge in [0.2, 0.25) is 0 Å². The number of hydrogen-bond acceptors (Lipinski definition) is 4. The fourth-order valence-corrected chi connectivity index (χ4v) is 2.38. The van der Waals surface area contributed by atoms with Gasteiger partial charge in [0.05, 0.1) is 0 Å². The second kappa shape index (κ2) is 6.92. The van der Waals surface area contributed by atoms with Crippen molar-refractivity contribution in [3.63, 3.8) is 0 Å². The predicted octanol–water partition coefficient (Wildman–Crippen LogP) is 2.12. The van der Waals surface area contributed by atoms with Crippen molar-refractivity contribution in [1.82, 2.24) is 4.90 Å². The Morgan fingerprint density at radius 1 is 1.35 bits per heavy atom. The number of carboxylic acid groups (broad SMARTS) is 1. The van der Waals surface area contributed by atoms with Crippen LogP contribution in [0.15, 0.2) is 0 Å². The van der Waals surface area contributed by atoms with Crippen LogP contribution in [0.25, 0.3) is 0 Å². The van der Waals surface area contributed by atoms with Gasteiger partial charge in [-0.25, -0.2) is 9.59 Å². The standard InChI is InChI=1S/C14H25NO5/c1-5-15(13(18)20-14(2,3)4)11(12(16)17)10-6-8-19-9-7-10/h10-11H,5-9H2,1-4H3,(H,16,17). The summed E-state index contributed by atoms with van der Waals surface area (Å²) in [6.45, 7) is 8.46. The van der Waals surface area contributed by atoms with Gasteiger partial charge >= 0.3 is 12.1 Å². The molecule has 1 aliphatic heterocycles. The summed E-state index contributed by atoms with van der Waals surface area (Å²) in [7, 11) is 0. The molecule has 0 saturated carbocycles. The van der Waals surface area contributed by atoms with E-state index in [0.29, 0.717) is 32.6 Å². The summed E-state index contributed by atoms with van der Waals surface area (Å²) in [5.74, 6) is -1.07. The zero-order chi connectivity index (χ0) is 15.3. The van der Waals surface area contributed by atoms with Crippen molar-refractivity contribution in [3.8, 4) is 0 Å². The third-order valence-electron chi connectivity index (χ3n) is 3.27. The van der Waals surface area contributed by atoms with E-state index in [9.17, 15) is 14.7 Å². The van der Waals surface area contributed by atoms with Gasteiger partial charge in [0, 0.05) is 19.8 Å². The quantitative estimate of drug-likeness (QED) is 0.857. The van der Waals surface area contributed by atoms with Gasteiger partial charge in [-0.15, -0.1) is 0 Å². The first-order valence-corrected chi connectivity index (χ1v) is 7.06. The van der Waals surface area contributed by atoms with Gasteiger partial charge in [-0.05, 0) is 46.5 Å². The summed E-state index contributed by atoms with van der Waals surface area (Å²) in [4.78, 5) is 25.1. The molecule has 1 N–H and O–H groups in total. The smallest absolute Gasteiger partial charge is 0.411 e. The van der Waals surface area contributed by atoms with Crippen LogP contribution >= 0.6 is 0 Å². The zero-order valence-corrected chi connectivity index (χ0v) is 12.7. The van der Waals surface area contributed by atoms with Crippen molar-refractivity contribution >= 4 is 12.1 Å². The van der Waals surface area contributed by atoms with E-state index >= 15 is 0 Å². The number of carbonyl (C=O) groups is 2. The van der Waals surface area contributed by atoms with E-state index in [0.717, 1.165) is 0 Å². The van der Waals surface area contributed by atoms with Crippen molar-refractivity contribution in [2.45, 2.75) is 52.2 Å². The number of rotatable bonds is 4. The molecule has 116 valence electrons. The lowest BCUT2D eigenvalue weighted by Gasteiger charge is -2.36. The fraction of sp³-hybridized carbons (Fsp3) is 0.857. The van der Waals surface area contributed by atoms with E-state index in [1.54, 1.807) is 27.7 Å². The van der Waals surface area contributed by atoms with Crippen LogP contribution in [-0.2, 0) is 14.3 Å². The molecule has 20 heavy (non-hydrogen) atoms. The second-order valence-corrected chi connectivity index (χ2v) is 6.00. The van der Waals surface area contributed by atoms with Crippen molar-refractivity contribution in [3.05, 3.63) is 0 Å². The molecule has 1 amide bonds. The van der Waals surface area contributed by atoms with E-state index in [1.165, 1.54) is 4.90 Å². The first-order chi connectivity index (χ1) is 9.26. The number of aliphatic carboxylic acids is 1. The van der Waals surface area contributed by atoms with Crippen LogP contribution in [0, 0.1) is 5.92 Å². The van der Waals surface area contributed by atoms with Gasteiger partial charge in [-0.3, -0.25) is 4.90 Å². The predicted molar refractivity (Wildman–Crippen MR) is 73.6 cm³/mol. The minimum absolute atomic E-state index is 0.0891. The van der Waals surface area contributed by atoms with E-state index < -0.39 is 23.7 Å². The molecule has 0 aromatic carbocycles. The molecule has 0 aromatic rings. The number of carbonyl (C=O) groups excluding carboxylic acids is 1. The van der Waals surface area contributed by atoms with Crippen molar-refractivity contribution in [1.29, 1.82) is 0 Å². The Bertz CT molecular complexity index is 344. The third kappa shape index (κ3) is 4.67. The molecule has 6 heteroatoms.